The molecule has 106 valence electrons. The van der Waals surface area contributed by atoms with Gasteiger partial charge in [-0.3, -0.25) is 0 Å². The number of nitrogens with one attached hydrogen (secondary N) is 1. The minimum absolute atomic E-state index is 0.747. The third-order valence-corrected chi connectivity index (χ3v) is 3.87. The van der Waals surface area contributed by atoms with Crippen molar-refractivity contribution in [3.8, 4) is 0 Å². The zero-order valence-corrected chi connectivity index (χ0v) is 12.6. The molecule has 1 fully saturated rings. The van der Waals surface area contributed by atoms with Crippen molar-refractivity contribution in [3.05, 3.63) is 22.8 Å². The summed E-state index contributed by atoms with van der Waals surface area (Å²) < 4.78 is 0. The van der Waals surface area contributed by atoms with Crippen LogP contribution in [0.5, 0.6) is 0 Å². The van der Waals surface area contributed by atoms with Gasteiger partial charge in [0.1, 0.15) is 5.82 Å². The Hall–Kier alpha value is -0.840. The predicted molar refractivity (Wildman–Crippen MR) is 81.0 cm³/mol. The van der Waals surface area contributed by atoms with Gasteiger partial charge in [0.2, 0.25) is 0 Å². The number of rotatable bonds is 4. The van der Waals surface area contributed by atoms with Crippen LogP contribution in [0.3, 0.4) is 0 Å². The standard InChI is InChI=1S/C14H23ClN4/c1-3-16-10-12-9-14(17-11-13(12)15)19-6-4-5-18(2)7-8-19/h9,11,16H,3-8,10H2,1-2H3. The molecule has 1 N–H and O–H groups in total. The molecule has 0 radical (unpaired) electrons. The highest BCUT2D eigenvalue weighted by Gasteiger charge is 2.14. The molecule has 1 aromatic heterocycles. The molecule has 0 saturated carbocycles. The van der Waals surface area contributed by atoms with Gasteiger partial charge in [-0.15, -0.1) is 0 Å². The average molecular weight is 283 g/mol. The molecular weight excluding hydrogens is 260 g/mol. The molecule has 0 spiro atoms. The fourth-order valence-corrected chi connectivity index (χ4v) is 2.48. The molecule has 0 unspecified atom stereocenters. The number of likely N-dealkylation sites (N-methyl/N-ethyl adjacent to an activating group) is 1. The third kappa shape index (κ3) is 4.06. The molecule has 0 amide bonds. The first-order chi connectivity index (χ1) is 9.20. The van der Waals surface area contributed by atoms with Crippen LogP contribution in [0.25, 0.3) is 0 Å². The van der Waals surface area contributed by atoms with E-state index in [1.165, 1.54) is 6.42 Å². The predicted octanol–water partition coefficient (Wildman–Crippen LogP) is 1.99. The van der Waals surface area contributed by atoms with Crippen LogP contribution in [0.4, 0.5) is 5.82 Å². The first-order valence-electron chi connectivity index (χ1n) is 6.99. The summed E-state index contributed by atoms with van der Waals surface area (Å²) in [6.07, 6.45) is 2.96. The highest BCUT2D eigenvalue weighted by Crippen LogP contribution is 2.21. The molecular formula is C14H23ClN4. The van der Waals surface area contributed by atoms with Gasteiger partial charge < -0.3 is 15.1 Å². The van der Waals surface area contributed by atoms with E-state index in [1.807, 2.05) is 0 Å². The van der Waals surface area contributed by atoms with E-state index in [2.05, 4.69) is 40.1 Å². The molecule has 2 rings (SSSR count). The molecule has 0 bridgehead atoms. The Morgan fingerprint density at radius 3 is 2.95 bits per heavy atom. The highest BCUT2D eigenvalue weighted by molar-refractivity contribution is 6.31. The Labute approximate surface area is 120 Å². The number of anilines is 1. The maximum absolute atomic E-state index is 6.20. The maximum atomic E-state index is 6.20. The van der Waals surface area contributed by atoms with Crippen LogP contribution in [0.1, 0.15) is 18.9 Å². The van der Waals surface area contributed by atoms with E-state index in [-0.39, 0.29) is 0 Å². The number of pyridine rings is 1. The first kappa shape index (κ1) is 14.6. The van der Waals surface area contributed by atoms with Crippen LogP contribution in [0, 0.1) is 0 Å². The molecule has 19 heavy (non-hydrogen) atoms. The molecule has 1 saturated heterocycles. The Bertz CT molecular complexity index is 410. The first-order valence-corrected chi connectivity index (χ1v) is 7.37. The number of halogens is 1. The van der Waals surface area contributed by atoms with Crippen LogP contribution in [-0.2, 0) is 6.54 Å². The van der Waals surface area contributed by atoms with Crippen LogP contribution < -0.4 is 10.2 Å². The summed E-state index contributed by atoms with van der Waals surface area (Å²) in [7, 11) is 2.18. The lowest BCUT2D eigenvalue weighted by molar-refractivity contribution is 0.360. The van der Waals surface area contributed by atoms with Gasteiger partial charge in [0.15, 0.2) is 0 Å². The summed E-state index contributed by atoms with van der Waals surface area (Å²) in [6, 6.07) is 2.12. The summed E-state index contributed by atoms with van der Waals surface area (Å²) >= 11 is 6.20. The Morgan fingerprint density at radius 2 is 2.16 bits per heavy atom. The van der Waals surface area contributed by atoms with Crippen molar-refractivity contribution in [2.75, 3.05) is 44.7 Å². The minimum atomic E-state index is 0.747. The summed E-state index contributed by atoms with van der Waals surface area (Å²) in [6.45, 7) is 8.20. The van der Waals surface area contributed by atoms with Crippen molar-refractivity contribution in [1.29, 1.82) is 0 Å². The Kier molecular flexibility index (Phi) is 5.43. The van der Waals surface area contributed by atoms with Gasteiger partial charge in [0, 0.05) is 32.4 Å². The number of nitrogens with zero attached hydrogens (tertiary/aromatic N) is 3. The zero-order valence-electron chi connectivity index (χ0n) is 11.8. The molecule has 0 aliphatic carbocycles. The molecule has 1 aliphatic rings. The van der Waals surface area contributed by atoms with Crippen molar-refractivity contribution in [3.63, 3.8) is 0 Å². The van der Waals surface area contributed by atoms with Crippen molar-refractivity contribution < 1.29 is 0 Å². The van der Waals surface area contributed by atoms with Gasteiger partial charge in [0.25, 0.3) is 0 Å². The average Bonchev–Trinajstić information content (AvgIpc) is 2.63. The molecule has 0 aromatic carbocycles. The van der Waals surface area contributed by atoms with Gasteiger partial charge in [-0.2, -0.15) is 0 Å². The van der Waals surface area contributed by atoms with Crippen molar-refractivity contribution in [2.24, 2.45) is 0 Å². The maximum Gasteiger partial charge on any atom is 0.128 e. The van der Waals surface area contributed by atoms with Gasteiger partial charge >= 0.3 is 0 Å². The van der Waals surface area contributed by atoms with E-state index in [9.17, 15) is 0 Å². The van der Waals surface area contributed by atoms with Crippen molar-refractivity contribution >= 4 is 17.4 Å². The molecule has 1 aromatic rings. The van der Waals surface area contributed by atoms with Crippen LogP contribution in [0.15, 0.2) is 12.3 Å². The third-order valence-electron chi connectivity index (χ3n) is 3.53. The largest absolute Gasteiger partial charge is 0.355 e. The fourth-order valence-electron chi connectivity index (χ4n) is 2.31. The fraction of sp³-hybridized carbons (Fsp3) is 0.643. The Balaban J connectivity index is 2.10. The summed E-state index contributed by atoms with van der Waals surface area (Å²) in [5, 5.41) is 4.06. The minimum Gasteiger partial charge on any atom is -0.355 e. The lowest BCUT2D eigenvalue weighted by Gasteiger charge is -2.22. The molecule has 5 heteroatoms. The highest BCUT2D eigenvalue weighted by atomic mass is 35.5. The summed E-state index contributed by atoms with van der Waals surface area (Å²) in [5.74, 6) is 1.05. The van der Waals surface area contributed by atoms with E-state index >= 15 is 0 Å². The second kappa shape index (κ2) is 7.08. The van der Waals surface area contributed by atoms with Crippen LogP contribution in [-0.4, -0.2) is 49.7 Å². The van der Waals surface area contributed by atoms with Gasteiger partial charge in [-0.1, -0.05) is 18.5 Å². The summed E-state index contributed by atoms with van der Waals surface area (Å²) in [4.78, 5) is 9.21. The number of aromatic nitrogens is 1. The van der Waals surface area contributed by atoms with Crippen LogP contribution in [0.2, 0.25) is 5.02 Å². The lowest BCUT2D eigenvalue weighted by atomic mass is 10.2. The van der Waals surface area contributed by atoms with Crippen molar-refractivity contribution in [2.45, 2.75) is 19.9 Å². The van der Waals surface area contributed by atoms with E-state index in [4.69, 9.17) is 11.6 Å². The molecule has 4 nitrogen and oxygen atoms in total. The molecule has 0 atom stereocenters. The second-order valence-electron chi connectivity index (χ2n) is 5.06. The van der Waals surface area contributed by atoms with Gasteiger partial charge in [-0.05, 0) is 38.2 Å². The van der Waals surface area contributed by atoms with Crippen LogP contribution >= 0.6 is 11.6 Å². The van der Waals surface area contributed by atoms with Gasteiger partial charge in [-0.25, -0.2) is 4.98 Å². The normalized spacial score (nSPS) is 17.5. The number of hydrogen-bond acceptors (Lipinski definition) is 4. The monoisotopic (exact) mass is 282 g/mol. The second-order valence-corrected chi connectivity index (χ2v) is 5.47. The SMILES string of the molecule is CCNCc1cc(N2CCCN(C)CC2)ncc1Cl. The topological polar surface area (TPSA) is 31.4 Å². The quantitative estimate of drug-likeness (QED) is 0.915. The van der Waals surface area contributed by atoms with Crippen molar-refractivity contribution in [1.82, 2.24) is 15.2 Å². The number of hydrogen-bond donors (Lipinski definition) is 1. The van der Waals surface area contributed by atoms with E-state index < -0.39 is 0 Å². The van der Waals surface area contributed by atoms with Gasteiger partial charge in [0.05, 0.1) is 5.02 Å². The lowest BCUT2D eigenvalue weighted by Crippen LogP contribution is -2.29. The Morgan fingerprint density at radius 1 is 1.32 bits per heavy atom. The summed E-state index contributed by atoms with van der Waals surface area (Å²) in [5.41, 5.74) is 1.13. The zero-order chi connectivity index (χ0) is 13.7. The van der Waals surface area contributed by atoms with E-state index in [1.54, 1.807) is 6.20 Å². The molecule has 2 heterocycles. The van der Waals surface area contributed by atoms with E-state index in [0.717, 1.165) is 55.7 Å². The smallest absolute Gasteiger partial charge is 0.128 e. The van der Waals surface area contributed by atoms with E-state index in [0.29, 0.717) is 0 Å². The molecule has 1 aliphatic heterocycles.